The van der Waals surface area contributed by atoms with Gasteiger partial charge in [-0.15, -0.1) is 0 Å². The van der Waals surface area contributed by atoms with E-state index in [1.807, 2.05) is 0 Å². The first-order valence-electron chi connectivity index (χ1n) is 2.53. The number of hydrogen-bond acceptors (Lipinski definition) is 3. The third-order valence-corrected chi connectivity index (χ3v) is 1.25. The highest BCUT2D eigenvalue weighted by Gasteiger charge is 2.35. The summed E-state index contributed by atoms with van der Waals surface area (Å²) >= 11 is 0. The third-order valence-electron chi connectivity index (χ3n) is 1.25. The van der Waals surface area contributed by atoms with Crippen molar-refractivity contribution in [3.8, 4) is 0 Å². The summed E-state index contributed by atoms with van der Waals surface area (Å²) in [5.74, 6) is -1.42. The maximum absolute atomic E-state index is 10.1. The van der Waals surface area contributed by atoms with Gasteiger partial charge in [0.1, 0.15) is 0 Å². The number of aliphatic carboxylic acids is 1. The Morgan fingerprint density at radius 3 is 2.00 bits per heavy atom. The van der Waals surface area contributed by atoms with Crippen LogP contribution in [0, 0.1) is 0 Å². The highest BCUT2D eigenvalue weighted by molar-refractivity contribution is 5.77. The van der Waals surface area contributed by atoms with Crippen LogP contribution in [0.3, 0.4) is 0 Å². The molecule has 4 nitrogen and oxygen atoms in total. The summed E-state index contributed by atoms with van der Waals surface area (Å²) in [7, 11) is 0. The Morgan fingerprint density at radius 1 is 1.67 bits per heavy atom. The van der Waals surface area contributed by atoms with Crippen molar-refractivity contribution < 1.29 is 20.1 Å². The fourth-order valence-electron chi connectivity index (χ4n) is 0.179. The summed E-state index contributed by atoms with van der Waals surface area (Å²) in [5, 5.41) is 25.6. The summed E-state index contributed by atoms with van der Waals surface area (Å²) in [5.41, 5.74) is -2.03. The van der Waals surface area contributed by atoms with Crippen LogP contribution in [0.5, 0.6) is 0 Å². The van der Waals surface area contributed by atoms with Gasteiger partial charge in [-0.05, 0) is 13.8 Å². The minimum absolute atomic E-state index is 1.04. The lowest BCUT2D eigenvalue weighted by molar-refractivity contribution is -0.167. The molecule has 0 unspecified atom stereocenters. The Morgan fingerprint density at radius 2 is 2.00 bits per heavy atom. The average Bonchev–Trinajstić information content (AvgIpc) is 1.65. The van der Waals surface area contributed by atoms with Crippen LogP contribution in [0.1, 0.15) is 13.8 Å². The molecule has 4 heteroatoms. The van der Waals surface area contributed by atoms with Gasteiger partial charge in [-0.3, -0.25) is 0 Å². The van der Waals surface area contributed by atoms with Crippen molar-refractivity contribution in [2.45, 2.75) is 25.6 Å². The zero-order valence-electron chi connectivity index (χ0n) is 5.33. The molecule has 0 radical (unpaired) electrons. The van der Waals surface area contributed by atoms with Crippen molar-refractivity contribution in [3.63, 3.8) is 0 Å². The third kappa shape index (κ3) is 1.65. The number of rotatable bonds is 2. The normalized spacial score (nSPS) is 20.4. The van der Waals surface area contributed by atoms with Crippen molar-refractivity contribution in [2.75, 3.05) is 0 Å². The van der Waals surface area contributed by atoms with Crippen LogP contribution in [0.4, 0.5) is 0 Å². The minimum atomic E-state index is -2.03. The van der Waals surface area contributed by atoms with Crippen molar-refractivity contribution in [3.05, 3.63) is 0 Å². The molecule has 54 valence electrons. The van der Waals surface area contributed by atoms with Crippen molar-refractivity contribution in [1.29, 1.82) is 0 Å². The Balaban J connectivity index is 4.19. The molecule has 0 fully saturated rings. The molecule has 0 saturated carbocycles. The smallest absolute Gasteiger partial charge is 0.338 e. The van der Waals surface area contributed by atoms with Crippen LogP contribution in [0.15, 0.2) is 0 Å². The molecule has 0 rings (SSSR count). The zero-order valence-corrected chi connectivity index (χ0v) is 5.33. The van der Waals surface area contributed by atoms with Crippen LogP contribution in [0.25, 0.3) is 0 Å². The fraction of sp³-hybridized carbons (Fsp3) is 0.800. The van der Waals surface area contributed by atoms with E-state index < -0.39 is 17.7 Å². The molecular weight excluding hydrogens is 124 g/mol. The van der Waals surface area contributed by atoms with Gasteiger partial charge < -0.3 is 15.3 Å². The second kappa shape index (κ2) is 2.33. The van der Waals surface area contributed by atoms with Gasteiger partial charge in [0.15, 0.2) is 5.60 Å². The van der Waals surface area contributed by atoms with Gasteiger partial charge in [0.05, 0.1) is 6.10 Å². The molecule has 3 N–H and O–H groups in total. The van der Waals surface area contributed by atoms with E-state index >= 15 is 0 Å². The molecule has 0 aromatic heterocycles. The summed E-state index contributed by atoms with van der Waals surface area (Å²) < 4.78 is 0. The minimum Gasteiger partial charge on any atom is -0.479 e. The van der Waals surface area contributed by atoms with Gasteiger partial charge in [-0.1, -0.05) is 0 Å². The molecule has 0 bridgehead atoms. The van der Waals surface area contributed by atoms with E-state index in [4.69, 9.17) is 15.3 Å². The molecule has 0 heterocycles. The highest BCUT2D eigenvalue weighted by atomic mass is 16.4. The van der Waals surface area contributed by atoms with E-state index in [0.717, 1.165) is 6.92 Å². The topological polar surface area (TPSA) is 77.8 Å². The van der Waals surface area contributed by atoms with Crippen LogP contribution < -0.4 is 0 Å². The van der Waals surface area contributed by atoms with E-state index in [1.54, 1.807) is 0 Å². The lowest BCUT2D eigenvalue weighted by Gasteiger charge is -2.20. The predicted molar refractivity (Wildman–Crippen MR) is 29.9 cm³/mol. The molecule has 0 aliphatic rings. The van der Waals surface area contributed by atoms with E-state index in [2.05, 4.69) is 0 Å². The van der Waals surface area contributed by atoms with Gasteiger partial charge in [0, 0.05) is 0 Å². The second-order valence-corrected chi connectivity index (χ2v) is 2.13. The number of aliphatic hydroxyl groups excluding tert-OH is 1. The number of carboxylic acid groups (broad SMARTS) is 1. The maximum Gasteiger partial charge on any atom is 0.338 e. The number of carbonyl (C=O) groups is 1. The predicted octanol–water partition coefficient (Wildman–Crippen LogP) is -0.797. The molecule has 9 heavy (non-hydrogen) atoms. The molecular formula is C5H10O4. The van der Waals surface area contributed by atoms with E-state index in [0.29, 0.717) is 0 Å². The summed E-state index contributed by atoms with van der Waals surface area (Å²) in [6, 6.07) is 0. The Hall–Kier alpha value is -0.610. The van der Waals surface area contributed by atoms with Crippen LogP contribution in [0.2, 0.25) is 0 Å². The number of aliphatic hydroxyl groups is 2. The Bertz CT molecular complexity index is 116. The quantitative estimate of drug-likeness (QED) is 0.462. The monoisotopic (exact) mass is 134 g/mol. The molecule has 0 aromatic carbocycles. The van der Waals surface area contributed by atoms with Gasteiger partial charge in [0.25, 0.3) is 0 Å². The van der Waals surface area contributed by atoms with Gasteiger partial charge in [-0.25, -0.2) is 4.79 Å². The number of carboxylic acids is 1. The van der Waals surface area contributed by atoms with Crippen LogP contribution in [-0.2, 0) is 4.79 Å². The fourth-order valence-corrected chi connectivity index (χ4v) is 0.179. The molecule has 0 aliphatic heterocycles. The molecule has 0 saturated heterocycles. The molecule has 0 aromatic rings. The van der Waals surface area contributed by atoms with Crippen LogP contribution >= 0.6 is 0 Å². The second-order valence-electron chi connectivity index (χ2n) is 2.13. The molecule has 0 amide bonds. The SMILES string of the molecule is C[C@@H](O)[C@@](C)(O)C(=O)O. The van der Waals surface area contributed by atoms with E-state index in [1.165, 1.54) is 6.92 Å². The largest absolute Gasteiger partial charge is 0.479 e. The first kappa shape index (κ1) is 8.39. The van der Waals surface area contributed by atoms with Gasteiger partial charge in [0.2, 0.25) is 0 Å². The lowest BCUT2D eigenvalue weighted by Crippen LogP contribution is -2.44. The Kier molecular flexibility index (Phi) is 2.17. The average molecular weight is 134 g/mol. The summed E-state index contributed by atoms with van der Waals surface area (Å²) in [6.45, 7) is 2.26. The summed E-state index contributed by atoms with van der Waals surface area (Å²) in [6.07, 6.45) is -1.25. The number of hydrogen-bond donors (Lipinski definition) is 3. The van der Waals surface area contributed by atoms with Crippen molar-refractivity contribution >= 4 is 5.97 Å². The van der Waals surface area contributed by atoms with Crippen LogP contribution in [-0.4, -0.2) is 33.0 Å². The van der Waals surface area contributed by atoms with Gasteiger partial charge >= 0.3 is 5.97 Å². The molecule has 0 spiro atoms. The summed E-state index contributed by atoms with van der Waals surface area (Å²) in [4.78, 5) is 10.1. The molecule has 0 aliphatic carbocycles. The first-order valence-corrected chi connectivity index (χ1v) is 2.53. The van der Waals surface area contributed by atoms with E-state index in [-0.39, 0.29) is 0 Å². The highest BCUT2D eigenvalue weighted by Crippen LogP contribution is 2.08. The maximum atomic E-state index is 10.1. The zero-order chi connectivity index (χ0) is 7.65. The van der Waals surface area contributed by atoms with Gasteiger partial charge in [-0.2, -0.15) is 0 Å². The van der Waals surface area contributed by atoms with Crippen molar-refractivity contribution in [1.82, 2.24) is 0 Å². The molecule has 2 atom stereocenters. The van der Waals surface area contributed by atoms with Crippen molar-refractivity contribution in [2.24, 2.45) is 0 Å². The standard InChI is InChI=1S/C5H10O4/c1-3(6)5(2,9)4(7)8/h3,6,9H,1-2H3,(H,7,8)/t3-,5-/m1/s1. The Labute approximate surface area is 52.7 Å². The first-order chi connectivity index (χ1) is 3.89. The van der Waals surface area contributed by atoms with E-state index in [9.17, 15) is 4.79 Å². The lowest BCUT2D eigenvalue weighted by atomic mass is 10.0.